The monoisotopic (exact) mass is 227 g/mol. The fourth-order valence-electron chi connectivity index (χ4n) is 1.48. The van der Waals surface area contributed by atoms with Gasteiger partial charge >= 0.3 is 0 Å². The average Bonchev–Trinajstić information content (AvgIpc) is 2.38. The van der Waals surface area contributed by atoms with Crippen molar-refractivity contribution in [2.24, 2.45) is 0 Å². The summed E-state index contributed by atoms with van der Waals surface area (Å²) in [4.78, 5) is 13.5. The Morgan fingerprint density at radius 2 is 1.94 bits per heavy atom. The van der Waals surface area contributed by atoms with Crippen LogP contribution in [0.25, 0.3) is 0 Å². The number of hydrogen-bond donors (Lipinski definition) is 0. The lowest BCUT2D eigenvalue weighted by Gasteiger charge is -2.18. The molecule has 86 valence electrons. The van der Waals surface area contributed by atoms with E-state index in [0.29, 0.717) is 17.7 Å². The standard InChI is InChI=1S/C13H13N3O/c1-2-8-16(9-7-14)13(17)12-5-3-11(10-15)4-6-12/h3-6H,2,8-9H2,1H3. The van der Waals surface area contributed by atoms with Gasteiger partial charge in [-0.15, -0.1) is 0 Å². The summed E-state index contributed by atoms with van der Waals surface area (Å²) in [6.45, 7) is 2.61. The lowest BCUT2D eigenvalue weighted by Crippen LogP contribution is -2.32. The normalized spacial score (nSPS) is 9.12. The maximum atomic E-state index is 12.0. The van der Waals surface area contributed by atoms with E-state index in [1.807, 2.05) is 19.1 Å². The van der Waals surface area contributed by atoms with Gasteiger partial charge in [0.2, 0.25) is 0 Å². The largest absolute Gasteiger partial charge is 0.325 e. The quantitative estimate of drug-likeness (QED) is 0.738. The second kappa shape index (κ2) is 6.30. The van der Waals surface area contributed by atoms with Crippen molar-refractivity contribution in [2.45, 2.75) is 13.3 Å². The van der Waals surface area contributed by atoms with Crippen molar-refractivity contribution in [3.05, 3.63) is 35.4 Å². The molecule has 0 aliphatic rings. The van der Waals surface area contributed by atoms with Gasteiger partial charge in [-0.2, -0.15) is 10.5 Å². The van der Waals surface area contributed by atoms with Crippen molar-refractivity contribution in [2.75, 3.05) is 13.1 Å². The third-order valence-electron chi connectivity index (χ3n) is 2.30. The molecule has 4 nitrogen and oxygen atoms in total. The molecule has 0 aliphatic heterocycles. The molecule has 0 fully saturated rings. The SMILES string of the molecule is CCCN(CC#N)C(=O)c1ccc(C#N)cc1. The summed E-state index contributed by atoms with van der Waals surface area (Å²) < 4.78 is 0. The minimum atomic E-state index is -0.169. The van der Waals surface area contributed by atoms with Crippen LogP contribution >= 0.6 is 0 Å². The topological polar surface area (TPSA) is 67.9 Å². The number of carbonyl (C=O) groups excluding carboxylic acids is 1. The molecule has 0 saturated carbocycles. The van der Waals surface area contributed by atoms with E-state index in [9.17, 15) is 4.79 Å². The molecule has 1 aromatic rings. The molecule has 0 saturated heterocycles. The molecule has 0 atom stereocenters. The van der Waals surface area contributed by atoms with Crippen molar-refractivity contribution in [3.63, 3.8) is 0 Å². The predicted molar refractivity (Wildman–Crippen MR) is 63.0 cm³/mol. The van der Waals surface area contributed by atoms with E-state index in [-0.39, 0.29) is 12.5 Å². The van der Waals surface area contributed by atoms with Gasteiger partial charge in [-0.3, -0.25) is 4.79 Å². The summed E-state index contributed by atoms with van der Waals surface area (Å²) in [7, 11) is 0. The van der Waals surface area contributed by atoms with Crippen LogP contribution in [0.1, 0.15) is 29.3 Å². The molecule has 1 aromatic carbocycles. The van der Waals surface area contributed by atoms with Gasteiger partial charge in [-0.1, -0.05) is 6.92 Å². The summed E-state index contributed by atoms with van der Waals surface area (Å²) >= 11 is 0. The van der Waals surface area contributed by atoms with Crippen LogP contribution < -0.4 is 0 Å². The fraction of sp³-hybridized carbons (Fsp3) is 0.308. The number of rotatable bonds is 4. The first-order chi connectivity index (χ1) is 8.22. The molecule has 0 unspecified atom stereocenters. The Balaban J connectivity index is 2.86. The third-order valence-corrected chi connectivity index (χ3v) is 2.30. The lowest BCUT2D eigenvalue weighted by molar-refractivity contribution is 0.0776. The van der Waals surface area contributed by atoms with Gasteiger partial charge in [0.25, 0.3) is 5.91 Å². The molecular weight excluding hydrogens is 214 g/mol. The van der Waals surface area contributed by atoms with Crippen molar-refractivity contribution in [1.82, 2.24) is 4.90 Å². The van der Waals surface area contributed by atoms with E-state index in [1.165, 1.54) is 4.90 Å². The van der Waals surface area contributed by atoms with E-state index in [0.717, 1.165) is 6.42 Å². The van der Waals surface area contributed by atoms with Gasteiger partial charge < -0.3 is 4.90 Å². The Morgan fingerprint density at radius 3 is 2.41 bits per heavy atom. The molecule has 0 aromatic heterocycles. The minimum absolute atomic E-state index is 0.0900. The first-order valence-electron chi connectivity index (χ1n) is 5.39. The van der Waals surface area contributed by atoms with Crippen LogP contribution in [0.5, 0.6) is 0 Å². The molecule has 17 heavy (non-hydrogen) atoms. The summed E-state index contributed by atoms with van der Waals surface area (Å²) in [5.74, 6) is -0.169. The molecule has 0 heterocycles. The first kappa shape index (κ1) is 12.7. The molecule has 1 rings (SSSR count). The van der Waals surface area contributed by atoms with E-state index in [2.05, 4.69) is 0 Å². The van der Waals surface area contributed by atoms with Crippen LogP contribution in [0, 0.1) is 22.7 Å². The lowest BCUT2D eigenvalue weighted by atomic mass is 10.1. The van der Waals surface area contributed by atoms with Gasteiger partial charge in [0.05, 0.1) is 17.7 Å². The van der Waals surface area contributed by atoms with Crippen molar-refractivity contribution >= 4 is 5.91 Å². The Kier molecular flexibility index (Phi) is 4.72. The number of benzene rings is 1. The molecule has 0 spiro atoms. The zero-order chi connectivity index (χ0) is 12.7. The van der Waals surface area contributed by atoms with Crippen LogP contribution in [-0.4, -0.2) is 23.9 Å². The number of nitrogens with zero attached hydrogens (tertiary/aromatic N) is 3. The van der Waals surface area contributed by atoms with Crippen molar-refractivity contribution in [3.8, 4) is 12.1 Å². The van der Waals surface area contributed by atoms with E-state index < -0.39 is 0 Å². The van der Waals surface area contributed by atoms with Crippen molar-refractivity contribution < 1.29 is 4.79 Å². The highest BCUT2D eigenvalue weighted by Gasteiger charge is 2.14. The molecule has 4 heteroatoms. The van der Waals surface area contributed by atoms with Gasteiger partial charge in [-0.05, 0) is 30.7 Å². The smallest absolute Gasteiger partial charge is 0.254 e. The van der Waals surface area contributed by atoms with E-state index in [1.54, 1.807) is 24.3 Å². The molecule has 0 aliphatic carbocycles. The average molecular weight is 227 g/mol. The zero-order valence-electron chi connectivity index (χ0n) is 9.68. The van der Waals surface area contributed by atoms with Gasteiger partial charge in [-0.25, -0.2) is 0 Å². The maximum absolute atomic E-state index is 12.0. The second-order valence-electron chi connectivity index (χ2n) is 3.57. The molecule has 0 bridgehead atoms. The predicted octanol–water partition coefficient (Wildman–Crippen LogP) is 1.93. The molecular formula is C13H13N3O. The van der Waals surface area contributed by atoms with Crippen LogP contribution in [0.2, 0.25) is 0 Å². The van der Waals surface area contributed by atoms with Gasteiger partial charge in [0, 0.05) is 12.1 Å². The molecule has 1 amide bonds. The zero-order valence-corrected chi connectivity index (χ0v) is 9.68. The van der Waals surface area contributed by atoms with Crippen LogP contribution in [-0.2, 0) is 0 Å². The second-order valence-corrected chi connectivity index (χ2v) is 3.57. The fourth-order valence-corrected chi connectivity index (χ4v) is 1.48. The third kappa shape index (κ3) is 3.32. The van der Waals surface area contributed by atoms with Crippen molar-refractivity contribution in [1.29, 1.82) is 10.5 Å². The van der Waals surface area contributed by atoms with Crippen LogP contribution in [0.3, 0.4) is 0 Å². The van der Waals surface area contributed by atoms with E-state index in [4.69, 9.17) is 10.5 Å². The molecule has 0 N–H and O–H groups in total. The van der Waals surface area contributed by atoms with E-state index >= 15 is 0 Å². The highest BCUT2D eigenvalue weighted by atomic mass is 16.2. The number of hydrogen-bond acceptors (Lipinski definition) is 3. The summed E-state index contributed by atoms with van der Waals surface area (Å²) in [5.41, 5.74) is 1.02. The Morgan fingerprint density at radius 1 is 1.29 bits per heavy atom. The van der Waals surface area contributed by atoms with Gasteiger partial charge in [0.1, 0.15) is 6.54 Å². The first-order valence-corrected chi connectivity index (χ1v) is 5.39. The molecule has 0 radical (unpaired) electrons. The summed E-state index contributed by atoms with van der Waals surface area (Å²) in [6.07, 6.45) is 0.809. The number of nitriles is 2. The van der Waals surface area contributed by atoms with Crippen LogP contribution in [0.4, 0.5) is 0 Å². The Labute approximate surface area is 101 Å². The highest BCUT2D eigenvalue weighted by Crippen LogP contribution is 2.07. The number of amides is 1. The maximum Gasteiger partial charge on any atom is 0.254 e. The minimum Gasteiger partial charge on any atom is -0.325 e. The Bertz CT molecular complexity index is 465. The highest BCUT2D eigenvalue weighted by molar-refractivity contribution is 5.94. The summed E-state index contributed by atoms with van der Waals surface area (Å²) in [6, 6.07) is 10.4. The van der Waals surface area contributed by atoms with Crippen LogP contribution in [0.15, 0.2) is 24.3 Å². The number of carbonyl (C=O) groups is 1. The van der Waals surface area contributed by atoms with Gasteiger partial charge in [0.15, 0.2) is 0 Å². The summed E-state index contributed by atoms with van der Waals surface area (Å²) in [5, 5.41) is 17.3. The Hall–Kier alpha value is -2.33.